The van der Waals surface area contributed by atoms with Gasteiger partial charge in [0.05, 0.1) is 16.9 Å². The molecule has 0 bridgehead atoms. The van der Waals surface area contributed by atoms with Crippen LogP contribution in [0.15, 0.2) is 53.3 Å². The molecule has 3 rings (SSSR count). The van der Waals surface area contributed by atoms with Crippen LogP contribution in [-0.4, -0.2) is 53.2 Å². The molecule has 2 heterocycles. The molecule has 0 unspecified atom stereocenters. The average molecular weight is 338 g/mol. The third kappa shape index (κ3) is 3.95. The maximum Gasteiger partial charge on any atom is 0.180 e. The van der Waals surface area contributed by atoms with Gasteiger partial charge in [0.15, 0.2) is 11.6 Å². The molecule has 0 amide bonds. The monoisotopic (exact) mass is 338 g/mol. The van der Waals surface area contributed by atoms with Crippen LogP contribution in [0, 0.1) is 0 Å². The Morgan fingerprint density at radius 1 is 1.32 bits per heavy atom. The maximum absolute atomic E-state index is 11.4. The third-order valence-electron chi connectivity index (χ3n) is 3.82. The van der Waals surface area contributed by atoms with Gasteiger partial charge < -0.3 is 16.0 Å². The number of pyridine rings is 1. The number of rotatable bonds is 6. The molecule has 2 aromatic rings. The van der Waals surface area contributed by atoms with Crippen LogP contribution < -0.4 is 11.1 Å². The summed E-state index contributed by atoms with van der Waals surface area (Å²) in [6.07, 6.45) is 7.36. The van der Waals surface area contributed by atoms with Gasteiger partial charge in [0, 0.05) is 18.8 Å². The lowest BCUT2D eigenvalue weighted by molar-refractivity contribution is -0.110. The number of aliphatic imine (C=N–C) groups is 1. The van der Waals surface area contributed by atoms with Crippen molar-refractivity contribution in [3.63, 3.8) is 0 Å². The van der Waals surface area contributed by atoms with Gasteiger partial charge >= 0.3 is 0 Å². The van der Waals surface area contributed by atoms with E-state index in [1.165, 1.54) is 12.2 Å². The molecule has 0 radical (unpaired) electrons. The summed E-state index contributed by atoms with van der Waals surface area (Å²) >= 11 is 0. The topological polar surface area (TPSA) is 88.0 Å². The van der Waals surface area contributed by atoms with Crippen molar-refractivity contribution in [3.05, 3.63) is 48.3 Å². The predicted octanol–water partition coefficient (Wildman–Crippen LogP) is 1.75. The van der Waals surface area contributed by atoms with Crippen molar-refractivity contribution in [2.75, 3.05) is 32.5 Å². The Hall–Kier alpha value is -2.93. The van der Waals surface area contributed by atoms with Gasteiger partial charge in [-0.15, -0.1) is 5.10 Å². The molecule has 1 aliphatic carbocycles. The number of fused-ring (bicyclic) bond motifs is 1. The van der Waals surface area contributed by atoms with E-state index in [0.717, 1.165) is 30.7 Å². The molecule has 7 nitrogen and oxygen atoms in total. The van der Waals surface area contributed by atoms with Crippen molar-refractivity contribution in [2.45, 2.75) is 6.42 Å². The largest absolute Gasteiger partial charge is 0.397 e. The Balaban J connectivity index is 1.92. The number of hydrogen-bond donors (Lipinski definition) is 2. The molecule has 1 aliphatic rings. The Bertz CT molecular complexity index is 875. The van der Waals surface area contributed by atoms with Crippen LogP contribution in [0.2, 0.25) is 0 Å². The highest BCUT2D eigenvalue weighted by Gasteiger charge is 2.15. The second-order valence-electron chi connectivity index (χ2n) is 6.14. The molecular formula is C18H22N6O. The molecule has 2 aromatic heterocycles. The van der Waals surface area contributed by atoms with Gasteiger partial charge in [-0.2, -0.15) is 0 Å². The van der Waals surface area contributed by atoms with Gasteiger partial charge in [0.1, 0.15) is 5.69 Å². The van der Waals surface area contributed by atoms with Crippen molar-refractivity contribution in [1.29, 1.82) is 0 Å². The van der Waals surface area contributed by atoms with E-state index in [-0.39, 0.29) is 5.78 Å². The van der Waals surface area contributed by atoms with Crippen LogP contribution in [0.3, 0.4) is 0 Å². The highest BCUT2D eigenvalue weighted by Crippen LogP contribution is 2.30. The molecule has 0 saturated heterocycles. The second kappa shape index (κ2) is 7.31. The summed E-state index contributed by atoms with van der Waals surface area (Å²) < 4.78 is 1.78. The molecule has 3 N–H and O–H groups in total. The molecule has 0 spiro atoms. The summed E-state index contributed by atoms with van der Waals surface area (Å²) in [4.78, 5) is 18.2. The van der Waals surface area contributed by atoms with E-state index in [9.17, 15) is 4.79 Å². The zero-order chi connectivity index (χ0) is 17.8. The summed E-state index contributed by atoms with van der Waals surface area (Å²) in [6.45, 7) is 1.78. The quantitative estimate of drug-likeness (QED) is 0.619. The van der Waals surface area contributed by atoms with Crippen LogP contribution in [0.25, 0.3) is 5.52 Å². The van der Waals surface area contributed by atoms with Gasteiger partial charge in [-0.05, 0) is 51.3 Å². The molecule has 0 saturated carbocycles. The first-order chi connectivity index (χ1) is 12.0. The first-order valence-electron chi connectivity index (χ1n) is 8.19. The van der Waals surface area contributed by atoms with Crippen molar-refractivity contribution >= 4 is 28.5 Å². The number of carbonyl (C=O) groups excluding carboxylic acids is 1. The minimum absolute atomic E-state index is 0.127. The lowest BCUT2D eigenvalue weighted by Crippen LogP contribution is -2.16. The molecule has 0 aromatic carbocycles. The van der Waals surface area contributed by atoms with Crippen LogP contribution in [-0.2, 0) is 4.79 Å². The van der Waals surface area contributed by atoms with E-state index >= 15 is 0 Å². The number of nitrogens with one attached hydrogen (secondary N) is 1. The zero-order valence-corrected chi connectivity index (χ0v) is 14.4. The molecule has 0 atom stereocenters. The SMILES string of the molecule is CN(C)CCCNc1nn2ccccc2c1/N=C1\C=CC(=O)C=C1N. The molecule has 7 heteroatoms. The number of ketones is 1. The number of allylic oxidation sites excluding steroid dienone is 3. The first kappa shape index (κ1) is 16.9. The second-order valence-corrected chi connectivity index (χ2v) is 6.14. The minimum atomic E-state index is -0.127. The van der Waals surface area contributed by atoms with Crippen LogP contribution >= 0.6 is 0 Å². The number of anilines is 1. The van der Waals surface area contributed by atoms with Gasteiger partial charge in [0.25, 0.3) is 0 Å². The average Bonchev–Trinajstić information content (AvgIpc) is 2.92. The van der Waals surface area contributed by atoms with Crippen molar-refractivity contribution < 1.29 is 4.79 Å². The van der Waals surface area contributed by atoms with E-state index in [1.807, 2.05) is 38.5 Å². The van der Waals surface area contributed by atoms with E-state index in [2.05, 4.69) is 20.3 Å². The summed E-state index contributed by atoms with van der Waals surface area (Å²) in [7, 11) is 4.10. The predicted molar refractivity (Wildman–Crippen MR) is 100 cm³/mol. The Labute approximate surface area is 146 Å². The normalized spacial score (nSPS) is 16.0. The third-order valence-corrected chi connectivity index (χ3v) is 3.82. The first-order valence-corrected chi connectivity index (χ1v) is 8.19. The molecular weight excluding hydrogens is 316 g/mol. The van der Waals surface area contributed by atoms with Crippen molar-refractivity contribution in [2.24, 2.45) is 10.7 Å². The number of hydrogen-bond acceptors (Lipinski definition) is 6. The van der Waals surface area contributed by atoms with Gasteiger partial charge in [-0.1, -0.05) is 6.07 Å². The molecule has 0 aliphatic heterocycles. The summed E-state index contributed by atoms with van der Waals surface area (Å²) in [6, 6.07) is 5.81. The lowest BCUT2D eigenvalue weighted by Gasteiger charge is -2.10. The van der Waals surface area contributed by atoms with Crippen LogP contribution in [0.4, 0.5) is 11.5 Å². The molecule has 25 heavy (non-hydrogen) atoms. The molecule has 0 fully saturated rings. The fourth-order valence-corrected chi connectivity index (χ4v) is 2.57. The summed E-state index contributed by atoms with van der Waals surface area (Å²) in [5.74, 6) is 0.578. The smallest absolute Gasteiger partial charge is 0.180 e. The van der Waals surface area contributed by atoms with Crippen molar-refractivity contribution in [1.82, 2.24) is 14.5 Å². The standard InChI is InChI=1S/C18H22N6O/c1-23(2)10-5-9-20-18-17(16-6-3-4-11-24(16)22-18)21-15-8-7-13(25)12-14(15)19/h3-4,6-8,11-12H,5,9-10,19H2,1-2H3,(H,20,22)/b21-15+. The Morgan fingerprint density at radius 3 is 2.92 bits per heavy atom. The number of nitrogens with zero attached hydrogens (tertiary/aromatic N) is 4. The number of aromatic nitrogens is 2. The van der Waals surface area contributed by atoms with Gasteiger partial charge in [-0.3, -0.25) is 4.79 Å². The molecule has 130 valence electrons. The van der Waals surface area contributed by atoms with Gasteiger partial charge in [0.2, 0.25) is 0 Å². The van der Waals surface area contributed by atoms with E-state index in [4.69, 9.17) is 5.73 Å². The van der Waals surface area contributed by atoms with Gasteiger partial charge in [-0.25, -0.2) is 9.51 Å². The van der Waals surface area contributed by atoms with E-state index in [1.54, 1.807) is 10.6 Å². The number of carbonyl (C=O) groups is 1. The Morgan fingerprint density at radius 2 is 2.16 bits per heavy atom. The maximum atomic E-state index is 11.4. The summed E-state index contributed by atoms with van der Waals surface area (Å²) in [5, 5.41) is 7.92. The fourth-order valence-electron chi connectivity index (χ4n) is 2.57. The van der Waals surface area contributed by atoms with E-state index in [0.29, 0.717) is 17.2 Å². The fraction of sp³-hybridized carbons (Fsp3) is 0.278. The number of nitrogens with two attached hydrogens (primary N) is 1. The van der Waals surface area contributed by atoms with E-state index < -0.39 is 0 Å². The van der Waals surface area contributed by atoms with Crippen molar-refractivity contribution in [3.8, 4) is 0 Å². The van der Waals surface area contributed by atoms with Crippen LogP contribution in [0.5, 0.6) is 0 Å². The highest BCUT2D eigenvalue weighted by molar-refractivity contribution is 6.20. The minimum Gasteiger partial charge on any atom is -0.397 e. The zero-order valence-electron chi connectivity index (χ0n) is 14.4. The van der Waals surface area contributed by atoms with Crippen LogP contribution in [0.1, 0.15) is 6.42 Å². The highest BCUT2D eigenvalue weighted by atomic mass is 16.1. The summed E-state index contributed by atoms with van der Waals surface area (Å²) in [5.41, 5.74) is 8.46. The lowest BCUT2D eigenvalue weighted by atomic mass is 10.1. The Kier molecular flexibility index (Phi) is 4.95.